The van der Waals surface area contributed by atoms with Crippen LogP contribution in [0.15, 0.2) is 24.3 Å². The lowest BCUT2D eigenvalue weighted by Gasteiger charge is -2.17. The molecular formula is C9H10O4. The van der Waals surface area contributed by atoms with Gasteiger partial charge in [-0.15, -0.1) is 0 Å². The van der Waals surface area contributed by atoms with E-state index >= 15 is 0 Å². The lowest BCUT2D eigenvalue weighted by molar-refractivity contribution is -0.157. The zero-order valence-electron chi connectivity index (χ0n) is 7.06. The number of hydrogen-bond donors (Lipinski definition) is 3. The lowest BCUT2D eigenvalue weighted by Crippen LogP contribution is -2.31. The highest BCUT2D eigenvalue weighted by atomic mass is 16.4. The summed E-state index contributed by atoms with van der Waals surface area (Å²) in [6.45, 7) is 1.18. The third-order valence-corrected chi connectivity index (χ3v) is 1.85. The molecule has 0 bridgehead atoms. The monoisotopic (exact) mass is 182 g/mol. The Morgan fingerprint density at radius 1 is 1.31 bits per heavy atom. The van der Waals surface area contributed by atoms with Crippen molar-refractivity contribution < 1.29 is 20.1 Å². The molecule has 0 aromatic heterocycles. The number of carboxylic acids is 1. The number of aliphatic carboxylic acids is 1. The maximum absolute atomic E-state index is 10.6. The number of benzene rings is 1. The Bertz CT molecular complexity index is 313. The summed E-state index contributed by atoms with van der Waals surface area (Å²) in [7, 11) is 0. The molecule has 1 rings (SSSR count). The predicted octanol–water partition coefficient (Wildman–Crippen LogP) is 0.684. The van der Waals surface area contributed by atoms with Crippen molar-refractivity contribution in [1.29, 1.82) is 0 Å². The van der Waals surface area contributed by atoms with Crippen molar-refractivity contribution in [2.75, 3.05) is 0 Å². The molecule has 4 nitrogen and oxygen atoms in total. The van der Waals surface area contributed by atoms with Crippen molar-refractivity contribution in [2.45, 2.75) is 12.5 Å². The summed E-state index contributed by atoms with van der Waals surface area (Å²) in [5.41, 5.74) is -1.67. The molecule has 1 atom stereocenters. The molecule has 0 saturated heterocycles. The van der Waals surface area contributed by atoms with Crippen LogP contribution in [0, 0.1) is 0 Å². The van der Waals surface area contributed by atoms with Gasteiger partial charge in [-0.05, 0) is 24.6 Å². The first kappa shape index (κ1) is 9.54. The average molecular weight is 182 g/mol. The standard InChI is InChI=1S/C9H10O4/c1-9(13,8(11)12)6-2-4-7(10)5-3-6/h2-5,10,13H,1H3,(H,11,12). The van der Waals surface area contributed by atoms with E-state index in [4.69, 9.17) is 10.2 Å². The van der Waals surface area contributed by atoms with Crippen molar-refractivity contribution in [1.82, 2.24) is 0 Å². The number of aliphatic hydroxyl groups is 1. The van der Waals surface area contributed by atoms with E-state index in [0.717, 1.165) is 0 Å². The quantitative estimate of drug-likeness (QED) is 0.628. The smallest absolute Gasteiger partial charge is 0.340 e. The predicted molar refractivity (Wildman–Crippen MR) is 45.3 cm³/mol. The van der Waals surface area contributed by atoms with Crippen LogP contribution in [0.3, 0.4) is 0 Å². The summed E-state index contributed by atoms with van der Waals surface area (Å²) < 4.78 is 0. The fourth-order valence-electron chi connectivity index (χ4n) is 0.909. The highest BCUT2D eigenvalue weighted by Crippen LogP contribution is 2.22. The number of phenols is 1. The van der Waals surface area contributed by atoms with Gasteiger partial charge >= 0.3 is 5.97 Å². The third kappa shape index (κ3) is 1.78. The van der Waals surface area contributed by atoms with Gasteiger partial charge in [0.15, 0.2) is 5.60 Å². The van der Waals surface area contributed by atoms with Crippen molar-refractivity contribution >= 4 is 5.97 Å². The van der Waals surface area contributed by atoms with Gasteiger partial charge < -0.3 is 15.3 Å². The third-order valence-electron chi connectivity index (χ3n) is 1.85. The van der Waals surface area contributed by atoms with Crippen LogP contribution in [0.1, 0.15) is 12.5 Å². The van der Waals surface area contributed by atoms with Gasteiger partial charge in [-0.25, -0.2) is 4.79 Å². The highest BCUT2D eigenvalue weighted by molar-refractivity contribution is 5.78. The van der Waals surface area contributed by atoms with Crippen LogP contribution < -0.4 is 0 Å². The van der Waals surface area contributed by atoms with Gasteiger partial charge in [0.2, 0.25) is 0 Å². The van der Waals surface area contributed by atoms with Gasteiger partial charge in [0.1, 0.15) is 5.75 Å². The zero-order valence-corrected chi connectivity index (χ0v) is 7.06. The van der Waals surface area contributed by atoms with Gasteiger partial charge in [-0.3, -0.25) is 0 Å². The molecule has 0 amide bonds. The first-order valence-corrected chi connectivity index (χ1v) is 3.70. The van der Waals surface area contributed by atoms with E-state index in [-0.39, 0.29) is 11.3 Å². The molecule has 70 valence electrons. The molecule has 0 saturated carbocycles. The molecular weight excluding hydrogens is 172 g/mol. The molecule has 0 aliphatic heterocycles. The molecule has 0 heterocycles. The first-order valence-electron chi connectivity index (χ1n) is 3.70. The van der Waals surface area contributed by atoms with Crippen LogP contribution in [0.2, 0.25) is 0 Å². The van der Waals surface area contributed by atoms with E-state index in [9.17, 15) is 9.90 Å². The van der Waals surface area contributed by atoms with Crippen molar-refractivity contribution in [3.63, 3.8) is 0 Å². The fourth-order valence-corrected chi connectivity index (χ4v) is 0.909. The minimum Gasteiger partial charge on any atom is -0.508 e. The second-order valence-electron chi connectivity index (χ2n) is 2.92. The Labute approximate surface area is 75.1 Å². The fraction of sp³-hybridized carbons (Fsp3) is 0.222. The van der Waals surface area contributed by atoms with Gasteiger partial charge in [0.25, 0.3) is 0 Å². The van der Waals surface area contributed by atoms with Crippen LogP contribution in [0.4, 0.5) is 0 Å². The number of carboxylic acid groups (broad SMARTS) is 1. The molecule has 0 aliphatic carbocycles. The number of hydrogen-bond acceptors (Lipinski definition) is 3. The maximum Gasteiger partial charge on any atom is 0.340 e. The Morgan fingerprint density at radius 2 is 1.77 bits per heavy atom. The molecule has 1 aromatic rings. The van der Waals surface area contributed by atoms with E-state index in [2.05, 4.69) is 0 Å². The van der Waals surface area contributed by atoms with Crippen molar-refractivity contribution in [3.8, 4) is 5.75 Å². The van der Waals surface area contributed by atoms with Crippen LogP contribution in [0.5, 0.6) is 5.75 Å². The lowest BCUT2D eigenvalue weighted by atomic mass is 9.96. The normalized spacial score (nSPS) is 14.9. The topological polar surface area (TPSA) is 77.8 Å². The zero-order chi connectivity index (χ0) is 10.1. The highest BCUT2D eigenvalue weighted by Gasteiger charge is 2.31. The minimum absolute atomic E-state index is 0.0324. The van der Waals surface area contributed by atoms with E-state index in [1.165, 1.54) is 31.2 Å². The summed E-state index contributed by atoms with van der Waals surface area (Å²) >= 11 is 0. The molecule has 0 radical (unpaired) electrons. The van der Waals surface area contributed by atoms with Crippen molar-refractivity contribution in [2.24, 2.45) is 0 Å². The number of carbonyl (C=O) groups is 1. The van der Waals surface area contributed by atoms with Crippen LogP contribution >= 0.6 is 0 Å². The van der Waals surface area contributed by atoms with Gasteiger partial charge in [0, 0.05) is 0 Å². The molecule has 4 heteroatoms. The summed E-state index contributed by atoms with van der Waals surface area (Å²) in [4.78, 5) is 10.6. The Morgan fingerprint density at radius 3 is 2.15 bits per heavy atom. The minimum atomic E-state index is -1.91. The van der Waals surface area contributed by atoms with Crippen LogP contribution in [-0.2, 0) is 10.4 Å². The molecule has 1 aromatic carbocycles. The number of phenolic OH excluding ortho intramolecular Hbond substituents is 1. The largest absolute Gasteiger partial charge is 0.508 e. The first-order chi connectivity index (χ1) is 5.94. The van der Waals surface area contributed by atoms with E-state index in [0.29, 0.717) is 0 Å². The Hall–Kier alpha value is -1.55. The molecule has 0 fully saturated rings. The van der Waals surface area contributed by atoms with Gasteiger partial charge in [-0.2, -0.15) is 0 Å². The molecule has 3 N–H and O–H groups in total. The second-order valence-corrected chi connectivity index (χ2v) is 2.92. The molecule has 1 unspecified atom stereocenters. The molecule has 0 spiro atoms. The Kier molecular flexibility index (Phi) is 2.25. The SMILES string of the molecule is CC(O)(C(=O)O)c1ccc(O)cc1. The summed E-state index contributed by atoms with van der Waals surface area (Å²) in [6, 6.07) is 5.38. The number of aromatic hydroxyl groups is 1. The van der Waals surface area contributed by atoms with E-state index in [1.807, 2.05) is 0 Å². The average Bonchev–Trinajstić information content (AvgIpc) is 2.04. The molecule has 13 heavy (non-hydrogen) atoms. The van der Waals surface area contributed by atoms with E-state index < -0.39 is 11.6 Å². The van der Waals surface area contributed by atoms with Gasteiger partial charge in [0.05, 0.1) is 0 Å². The van der Waals surface area contributed by atoms with E-state index in [1.54, 1.807) is 0 Å². The molecule has 0 aliphatic rings. The van der Waals surface area contributed by atoms with Crippen molar-refractivity contribution in [3.05, 3.63) is 29.8 Å². The van der Waals surface area contributed by atoms with Crippen LogP contribution in [0.25, 0.3) is 0 Å². The maximum atomic E-state index is 10.6. The van der Waals surface area contributed by atoms with Gasteiger partial charge in [-0.1, -0.05) is 12.1 Å². The van der Waals surface area contributed by atoms with Crippen LogP contribution in [-0.4, -0.2) is 21.3 Å². The number of rotatable bonds is 2. The summed E-state index contributed by atoms with van der Waals surface area (Å²) in [5, 5.41) is 27.1. The Balaban J connectivity index is 3.08. The summed E-state index contributed by atoms with van der Waals surface area (Å²) in [5.74, 6) is -1.29. The second kappa shape index (κ2) is 3.06. The summed E-state index contributed by atoms with van der Waals surface area (Å²) in [6.07, 6.45) is 0.